The van der Waals surface area contributed by atoms with Crippen LogP contribution < -0.4 is 5.32 Å². The summed E-state index contributed by atoms with van der Waals surface area (Å²) in [7, 11) is 4.76. The predicted octanol–water partition coefficient (Wildman–Crippen LogP) is 2.87. The van der Waals surface area contributed by atoms with Crippen LogP contribution in [-0.2, 0) is 11.2 Å². The van der Waals surface area contributed by atoms with Crippen molar-refractivity contribution in [1.29, 1.82) is 0 Å². The standard InChI is InChI=1S/C24H27F2N5O3/c1-14-5-6-31-19(12-16-13-30(7-8-34-16)24(33)29(3)4)22(28-20(31)9-14)21-17(25)10-15(11-18(21)26)23(32)27-2/h5-6,9-11,16H,7-8,12-13H2,1-4H3,(H,27,32)/t16-/m0/s1. The number of pyridine rings is 1. The first-order valence-corrected chi connectivity index (χ1v) is 11.0. The number of nitrogens with one attached hydrogen (secondary N) is 1. The fraction of sp³-hybridized carbons (Fsp3) is 0.375. The molecule has 3 aromatic rings. The summed E-state index contributed by atoms with van der Waals surface area (Å²) >= 11 is 0. The third-order valence-corrected chi connectivity index (χ3v) is 5.86. The Morgan fingerprint density at radius 2 is 1.94 bits per heavy atom. The van der Waals surface area contributed by atoms with Crippen LogP contribution in [-0.4, -0.2) is 78.1 Å². The first kappa shape index (κ1) is 23.6. The first-order chi connectivity index (χ1) is 16.2. The van der Waals surface area contributed by atoms with E-state index in [-0.39, 0.29) is 35.4 Å². The van der Waals surface area contributed by atoms with E-state index in [1.54, 1.807) is 29.6 Å². The molecule has 34 heavy (non-hydrogen) atoms. The Morgan fingerprint density at radius 1 is 1.24 bits per heavy atom. The molecule has 0 aliphatic carbocycles. The number of amides is 3. The molecule has 1 aliphatic rings. The van der Waals surface area contributed by atoms with Gasteiger partial charge in [0.2, 0.25) is 0 Å². The molecule has 180 valence electrons. The molecule has 8 nitrogen and oxygen atoms in total. The topological polar surface area (TPSA) is 79.2 Å². The van der Waals surface area contributed by atoms with Crippen molar-refractivity contribution in [2.45, 2.75) is 19.4 Å². The second kappa shape index (κ2) is 9.38. The third-order valence-electron chi connectivity index (χ3n) is 5.86. The number of imidazole rings is 1. The molecular formula is C24H27F2N5O3. The largest absolute Gasteiger partial charge is 0.374 e. The number of rotatable bonds is 4. The number of hydrogen-bond donors (Lipinski definition) is 1. The van der Waals surface area contributed by atoms with E-state index in [1.807, 2.05) is 19.1 Å². The van der Waals surface area contributed by atoms with Crippen LogP contribution in [0, 0.1) is 18.6 Å². The second-order valence-electron chi connectivity index (χ2n) is 8.55. The highest BCUT2D eigenvalue weighted by Gasteiger charge is 2.29. The van der Waals surface area contributed by atoms with Crippen molar-refractivity contribution in [3.05, 3.63) is 58.9 Å². The molecule has 1 fully saturated rings. The van der Waals surface area contributed by atoms with Gasteiger partial charge in [-0.25, -0.2) is 18.6 Å². The van der Waals surface area contributed by atoms with Crippen molar-refractivity contribution < 1.29 is 23.1 Å². The van der Waals surface area contributed by atoms with E-state index in [4.69, 9.17) is 4.74 Å². The molecule has 1 atom stereocenters. The molecule has 0 saturated carbocycles. The fourth-order valence-corrected chi connectivity index (χ4v) is 4.18. The Kier molecular flexibility index (Phi) is 6.52. The van der Waals surface area contributed by atoms with Crippen molar-refractivity contribution in [2.24, 2.45) is 0 Å². The summed E-state index contributed by atoms with van der Waals surface area (Å²) in [5.41, 5.74) is 1.77. The van der Waals surface area contributed by atoms with E-state index in [2.05, 4.69) is 10.3 Å². The van der Waals surface area contributed by atoms with Gasteiger partial charge in [-0.1, -0.05) is 0 Å². The molecule has 0 spiro atoms. The van der Waals surface area contributed by atoms with Crippen LogP contribution in [0.3, 0.4) is 0 Å². The number of hydrogen-bond acceptors (Lipinski definition) is 4. The van der Waals surface area contributed by atoms with Crippen LogP contribution in [0.15, 0.2) is 30.5 Å². The number of fused-ring (bicyclic) bond motifs is 1. The van der Waals surface area contributed by atoms with Crippen LogP contribution in [0.1, 0.15) is 21.6 Å². The van der Waals surface area contributed by atoms with Gasteiger partial charge in [-0.05, 0) is 36.8 Å². The molecule has 1 saturated heterocycles. The maximum Gasteiger partial charge on any atom is 0.319 e. The van der Waals surface area contributed by atoms with Crippen molar-refractivity contribution >= 4 is 17.6 Å². The third kappa shape index (κ3) is 4.45. The number of ether oxygens (including phenoxy) is 1. The van der Waals surface area contributed by atoms with Gasteiger partial charge < -0.3 is 24.3 Å². The van der Waals surface area contributed by atoms with Crippen molar-refractivity contribution in [1.82, 2.24) is 24.5 Å². The summed E-state index contributed by atoms with van der Waals surface area (Å²) in [6.07, 6.45) is 1.71. The van der Waals surface area contributed by atoms with Crippen molar-refractivity contribution in [3.63, 3.8) is 0 Å². The maximum atomic E-state index is 15.2. The Balaban J connectivity index is 1.78. The molecule has 2 aromatic heterocycles. The minimum Gasteiger partial charge on any atom is -0.374 e. The Labute approximate surface area is 196 Å². The first-order valence-electron chi connectivity index (χ1n) is 11.0. The van der Waals surface area contributed by atoms with Gasteiger partial charge in [0.1, 0.15) is 17.3 Å². The lowest BCUT2D eigenvalue weighted by Crippen LogP contribution is -2.49. The number of aryl methyl sites for hydroxylation is 1. The van der Waals surface area contributed by atoms with Gasteiger partial charge in [-0.2, -0.15) is 0 Å². The van der Waals surface area contributed by atoms with Crippen LogP contribution in [0.4, 0.5) is 13.6 Å². The minimum atomic E-state index is -0.881. The van der Waals surface area contributed by atoms with Gasteiger partial charge in [0.25, 0.3) is 5.91 Å². The molecule has 1 N–H and O–H groups in total. The average Bonchev–Trinajstić information content (AvgIpc) is 3.14. The number of carbonyl (C=O) groups is 2. The summed E-state index contributed by atoms with van der Waals surface area (Å²) in [4.78, 5) is 32.1. The normalized spacial score (nSPS) is 16.1. The molecule has 0 unspecified atom stereocenters. The van der Waals surface area contributed by atoms with Gasteiger partial charge in [-0.3, -0.25) is 4.79 Å². The zero-order valence-electron chi connectivity index (χ0n) is 19.6. The van der Waals surface area contributed by atoms with Crippen molar-refractivity contribution in [3.8, 4) is 11.3 Å². The van der Waals surface area contributed by atoms with E-state index in [1.165, 1.54) is 11.9 Å². The number of benzene rings is 1. The zero-order chi connectivity index (χ0) is 24.6. The van der Waals surface area contributed by atoms with E-state index in [0.29, 0.717) is 31.0 Å². The number of halogens is 2. The lowest BCUT2D eigenvalue weighted by molar-refractivity contribution is -0.0171. The molecule has 10 heteroatoms. The lowest BCUT2D eigenvalue weighted by atomic mass is 10.0. The predicted molar refractivity (Wildman–Crippen MR) is 123 cm³/mol. The highest BCUT2D eigenvalue weighted by Crippen LogP contribution is 2.32. The van der Waals surface area contributed by atoms with Gasteiger partial charge in [0, 0.05) is 52.4 Å². The van der Waals surface area contributed by atoms with E-state index < -0.39 is 17.5 Å². The van der Waals surface area contributed by atoms with Gasteiger partial charge >= 0.3 is 6.03 Å². The average molecular weight is 472 g/mol. The summed E-state index contributed by atoms with van der Waals surface area (Å²) in [6, 6.07) is 5.60. The van der Waals surface area contributed by atoms with Gasteiger partial charge in [-0.15, -0.1) is 0 Å². The molecule has 0 bridgehead atoms. The van der Waals surface area contributed by atoms with E-state index in [0.717, 1.165) is 17.7 Å². The number of aromatic nitrogens is 2. The number of carbonyl (C=O) groups excluding carboxylic acids is 2. The summed E-state index contributed by atoms with van der Waals surface area (Å²) < 4.78 is 38.0. The van der Waals surface area contributed by atoms with Crippen LogP contribution >= 0.6 is 0 Å². The maximum absolute atomic E-state index is 15.2. The Bertz CT molecular complexity index is 1230. The molecule has 1 aromatic carbocycles. The summed E-state index contributed by atoms with van der Waals surface area (Å²) in [6.45, 7) is 3.08. The second-order valence-corrected chi connectivity index (χ2v) is 8.55. The molecule has 4 rings (SSSR count). The fourth-order valence-electron chi connectivity index (χ4n) is 4.18. The Morgan fingerprint density at radius 3 is 2.59 bits per heavy atom. The van der Waals surface area contributed by atoms with E-state index in [9.17, 15) is 9.59 Å². The molecule has 0 radical (unpaired) electrons. The van der Waals surface area contributed by atoms with E-state index >= 15 is 8.78 Å². The summed E-state index contributed by atoms with van der Waals surface area (Å²) in [5, 5.41) is 2.37. The highest BCUT2D eigenvalue weighted by molar-refractivity contribution is 5.94. The number of morpholine rings is 1. The molecule has 1 aliphatic heterocycles. The quantitative estimate of drug-likeness (QED) is 0.635. The van der Waals surface area contributed by atoms with Crippen molar-refractivity contribution in [2.75, 3.05) is 40.8 Å². The van der Waals surface area contributed by atoms with Gasteiger partial charge in [0.15, 0.2) is 0 Å². The lowest BCUT2D eigenvalue weighted by Gasteiger charge is -2.34. The SMILES string of the molecule is CNC(=O)c1cc(F)c(-c2nc3cc(C)ccn3c2C[C@H]2CN(C(=O)N(C)C)CCO2)c(F)c1. The molecule has 3 amide bonds. The number of urea groups is 1. The molecular weight excluding hydrogens is 444 g/mol. The summed E-state index contributed by atoms with van der Waals surface area (Å²) in [5.74, 6) is -2.35. The van der Waals surface area contributed by atoms with Crippen LogP contribution in [0.2, 0.25) is 0 Å². The monoisotopic (exact) mass is 471 g/mol. The van der Waals surface area contributed by atoms with Crippen LogP contribution in [0.25, 0.3) is 16.9 Å². The smallest absolute Gasteiger partial charge is 0.319 e. The van der Waals surface area contributed by atoms with Crippen LogP contribution in [0.5, 0.6) is 0 Å². The number of nitrogens with zero attached hydrogens (tertiary/aromatic N) is 4. The highest BCUT2D eigenvalue weighted by atomic mass is 19.1. The minimum absolute atomic E-state index is 0.115. The van der Waals surface area contributed by atoms with Gasteiger partial charge in [0.05, 0.1) is 29.7 Å². The molecule has 3 heterocycles. The zero-order valence-corrected chi connectivity index (χ0v) is 19.6. The Hall–Kier alpha value is -3.53.